The van der Waals surface area contributed by atoms with Gasteiger partial charge in [-0.15, -0.1) is 0 Å². The van der Waals surface area contributed by atoms with Crippen molar-refractivity contribution in [2.24, 2.45) is 5.73 Å². The third kappa shape index (κ3) is 3.28. The summed E-state index contributed by atoms with van der Waals surface area (Å²) in [4.78, 5) is -0.318. The van der Waals surface area contributed by atoms with Gasteiger partial charge >= 0.3 is 0 Å². The summed E-state index contributed by atoms with van der Waals surface area (Å²) in [5.74, 6) is 0. The molecule has 2 N–H and O–H groups in total. The smallest absolute Gasteiger partial charge is 0.244 e. The van der Waals surface area contributed by atoms with Crippen LogP contribution in [0.25, 0.3) is 0 Å². The molecule has 1 aliphatic heterocycles. The number of rotatable bonds is 3. The molecule has 8 heteroatoms. The van der Waals surface area contributed by atoms with E-state index in [0.717, 1.165) is 6.26 Å². The Morgan fingerprint density at radius 2 is 1.71 bits per heavy atom. The summed E-state index contributed by atoms with van der Waals surface area (Å²) >= 11 is 0. The lowest BCUT2D eigenvalue weighted by Gasteiger charge is -2.35. The van der Waals surface area contributed by atoms with Crippen molar-refractivity contribution < 1.29 is 16.8 Å². The highest BCUT2D eigenvalue weighted by Gasteiger charge is 2.35. The summed E-state index contributed by atoms with van der Waals surface area (Å²) in [6, 6.07) is 5.45. The average molecular weight is 332 g/mol. The molecule has 6 nitrogen and oxygen atoms in total. The molecule has 2 rings (SSSR count). The molecule has 0 aromatic heterocycles. The topological polar surface area (TPSA) is 97.5 Å². The summed E-state index contributed by atoms with van der Waals surface area (Å²) in [6.45, 7) is 2.10. The van der Waals surface area contributed by atoms with E-state index in [1.54, 1.807) is 6.92 Å². The van der Waals surface area contributed by atoms with Gasteiger partial charge in [-0.05, 0) is 31.9 Å². The van der Waals surface area contributed by atoms with E-state index >= 15 is 0 Å². The number of sulfonamides is 1. The quantitative estimate of drug-likeness (QED) is 0.873. The van der Waals surface area contributed by atoms with E-state index in [-0.39, 0.29) is 21.9 Å². The maximum atomic E-state index is 12.8. The van der Waals surface area contributed by atoms with Crippen LogP contribution in [0.1, 0.15) is 19.8 Å². The van der Waals surface area contributed by atoms with Crippen LogP contribution < -0.4 is 5.73 Å². The van der Waals surface area contributed by atoms with Gasteiger partial charge < -0.3 is 5.73 Å². The van der Waals surface area contributed by atoms with Crippen LogP contribution in [0.4, 0.5) is 0 Å². The second-order valence-electron chi connectivity index (χ2n) is 5.47. The van der Waals surface area contributed by atoms with Gasteiger partial charge in [0.1, 0.15) is 4.90 Å². The van der Waals surface area contributed by atoms with Crippen molar-refractivity contribution >= 4 is 19.9 Å². The highest BCUT2D eigenvalue weighted by atomic mass is 32.2. The van der Waals surface area contributed by atoms with Crippen molar-refractivity contribution in [3.05, 3.63) is 24.3 Å². The SMILES string of the molecule is CC1CC(N)CCN1S(=O)(=O)c1ccccc1S(C)(=O)=O. The molecule has 21 heavy (non-hydrogen) atoms. The maximum absolute atomic E-state index is 12.8. The number of hydrogen-bond acceptors (Lipinski definition) is 5. The lowest BCUT2D eigenvalue weighted by molar-refractivity contribution is 0.247. The number of hydrogen-bond donors (Lipinski definition) is 1. The molecule has 1 aliphatic rings. The zero-order valence-electron chi connectivity index (χ0n) is 12.1. The highest BCUT2D eigenvalue weighted by Crippen LogP contribution is 2.28. The van der Waals surface area contributed by atoms with Crippen molar-refractivity contribution in [2.45, 2.75) is 41.6 Å². The maximum Gasteiger partial charge on any atom is 0.244 e. The van der Waals surface area contributed by atoms with Crippen LogP contribution in [-0.2, 0) is 19.9 Å². The monoisotopic (exact) mass is 332 g/mol. The molecule has 0 saturated carbocycles. The minimum Gasteiger partial charge on any atom is -0.328 e. The van der Waals surface area contributed by atoms with E-state index in [1.807, 2.05) is 0 Å². The van der Waals surface area contributed by atoms with Crippen LogP contribution in [0.5, 0.6) is 0 Å². The second kappa shape index (κ2) is 5.68. The van der Waals surface area contributed by atoms with E-state index in [2.05, 4.69) is 0 Å². The van der Waals surface area contributed by atoms with Gasteiger partial charge in [0.15, 0.2) is 9.84 Å². The first-order chi connectivity index (χ1) is 9.64. The van der Waals surface area contributed by atoms with Crippen molar-refractivity contribution in [2.75, 3.05) is 12.8 Å². The zero-order chi connectivity index (χ0) is 15.8. The van der Waals surface area contributed by atoms with E-state index < -0.39 is 19.9 Å². The first-order valence-electron chi connectivity index (χ1n) is 6.70. The molecule has 1 fully saturated rings. The Labute approximate surface area is 125 Å². The van der Waals surface area contributed by atoms with Crippen molar-refractivity contribution in [1.29, 1.82) is 0 Å². The largest absolute Gasteiger partial charge is 0.328 e. The molecule has 2 unspecified atom stereocenters. The van der Waals surface area contributed by atoms with Gasteiger partial charge in [0, 0.05) is 24.9 Å². The van der Waals surface area contributed by atoms with Gasteiger partial charge in [0.2, 0.25) is 10.0 Å². The molecule has 1 aromatic rings. The summed E-state index contributed by atoms with van der Waals surface area (Å²) in [5.41, 5.74) is 5.85. The number of benzene rings is 1. The Morgan fingerprint density at radius 3 is 2.24 bits per heavy atom. The van der Waals surface area contributed by atoms with E-state index in [0.29, 0.717) is 19.4 Å². The minimum atomic E-state index is -3.85. The van der Waals surface area contributed by atoms with Gasteiger partial charge in [-0.1, -0.05) is 12.1 Å². The Morgan fingerprint density at radius 1 is 1.14 bits per heavy atom. The molecule has 0 aliphatic carbocycles. The lowest BCUT2D eigenvalue weighted by Crippen LogP contribution is -2.48. The van der Waals surface area contributed by atoms with E-state index in [4.69, 9.17) is 5.73 Å². The highest BCUT2D eigenvalue weighted by molar-refractivity contribution is 7.93. The van der Waals surface area contributed by atoms with Gasteiger partial charge in [-0.3, -0.25) is 0 Å². The Balaban J connectivity index is 2.51. The Kier molecular flexibility index (Phi) is 4.44. The molecule has 1 aromatic carbocycles. The molecule has 1 heterocycles. The van der Waals surface area contributed by atoms with Crippen molar-refractivity contribution in [3.63, 3.8) is 0 Å². The number of nitrogens with two attached hydrogens (primary N) is 1. The molecular formula is C13H20N2O4S2. The predicted molar refractivity (Wildman–Crippen MR) is 80.1 cm³/mol. The fraction of sp³-hybridized carbons (Fsp3) is 0.538. The predicted octanol–water partition coefficient (Wildman–Crippen LogP) is 0.590. The summed E-state index contributed by atoms with van der Waals surface area (Å²) in [5, 5.41) is 0. The fourth-order valence-corrected chi connectivity index (χ4v) is 5.90. The first kappa shape index (κ1) is 16.4. The standard InChI is InChI=1S/C13H20N2O4S2/c1-10-9-11(14)7-8-15(10)21(18,19)13-6-4-3-5-12(13)20(2,16)17/h3-6,10-11H,7-9,14H2,1-2H3. The third-order valence-corrected chi connectivity index (χ3v) is 7.05. The van der Waals surface area contributed by atoms with Crippen molar-refractivity contribution in [3.8, 4) is 0 Å². The number of sulfone groups is 1. The summed E-state index contributed by atoms with van der Waals surface area (Å²) in [7, 11) is -7.46. The summed E-state index contributed by atoms with van der Waals surface area (Å²) < 4.78 is 50.6. The van der Waals surface area contributed by atoms with Gasteiger partial charge in [-0.25, -0.2) is 16.8 Å². The zero-order valence-corrected chi connectivity index (χ0v) is 13.7. The Hall–Kier alpha value is -0.960. The molecule has 0 radical (unpaired) electrons. The van der Waals surface area contributed by atoms with Crippen LogP contribution in [0, 0.1) is 0 Å². The van der Waals surface area contributed by atoms with Gasteiger partial charge in [0.05, 0.1) is 4.90 Å². The van der Waals surface area contributed by atoms with Crippen molar-refractivity contribution in [1.82, 2.24) is 4.31 Å². The van der Waals surface area contributed by atoms with Crippen LogP contribution in [0.15, 0.2) is 34.1 Å². The Bertz CT molecular complexity index is 728. The van der Waals surface area contributed by atoms with Crippen LogP contribution in [0.3, 0.4) is 0 Å². The lowest BCUT2D eigenvalue weighted by atomic mass is 10.0. The molecule has 118 valence electrons. The minimum absolute atomic E-state index is 0.0170. The third-order valence-electron chi connectivity index (χ3n) is 3.69. The molecule has 1 saturated heterocycles. The number of nitrogens with zero attached hydrogens (tertiary/aromatic N) is 1. The van der Waals surface area contributed by atoms with Gasteiger partial charge in [0.25, 0.3) is 0 Å². The van der Waals surface area contributed by atoms with E-state index in [9.17, 15) is 16.8 Å². The van der Waals surface area contributed by atoms with Gasteiger partial charge in [-0.2, -0.15) is 4.31 Å². The second-order valence-corrected chi connectivity index (χ2v) is 9.31. The normalized spacial score (nSPS) is 24.9. The first-order valence-corrected chi connectivity index (χ1v) is 10.0. The average Bonchev–Trinajstić information content (AvgIpc) is 2.37. The molecule has 0 spiro atoms. The van der Waals surface area contributed by atoms with Crippen LogP contribution >= 0.6 is 0 Å². The molecule has 0 amide bonds. The van der Waals surface area contributed by atoms with E-state index in [1.165, 1.54) is 28.6 Å². The van der Waals surface area contributed by atoms with Crippen LogP contribution in [-0.4, -0.2) is 46.0 Å². The summed E-state index contributed by atoms with van der Waals surface area (Å²) in [6.07, 6.45) is 2.15. The fourth-order valence-electron chi connectivity index (χ4n) is 2.64. The molecular weight excluding hydrogens is 312 g/mol. The molecule has 0 bridgehead atoms. The molecule has 2 atom stereocenters. The van der Waals surface area contributed by atoms with Crippen LogP contribution in [0.2, 0.25) is 0 Å². The number of piperidine rings is 1.